The number of sulfonamides is 1. The van der Waals surface area contributed by atoms with E-state index < -0.39 is 22.1 Å². The Morgan fingerprint density at radius 3 is 2.37 bits per heavy atom. The largest absolute Gasteiger partial charge is 0.478 e. The lowest BCUT2D eigenvalue weighted by Crippen LogP contribution is -2.33. The van der Waals surface area contributed by atoms with Crippen molar-refractivity contribution in [2.75, 3.05) is 6.54 Å². The van der Waals surface area contributed by atoms with Crippen molar-refractivity contribution in [3.63, 3.8) is 0 Å². The third kappa shape index (κ3) is 3.52. The van der Waals surface area contributed by atoms with Crippen molar-refractivity contribution < 1.29 is 23.4 Å². The summed E-state index contributed by atoms with van der Waals surface area (Å²) in [6.45, 7) is -0.0202. The van der Waals surface area contributed by atoms with Crippen LogP contribution in [0.4, 0.5) is 0 Å². The maximum atomic E-state index is 11.9. The molecule has 1 aliphatic rings. The molecule has 0 bridgehead atoms. The number of benzene rings is 1. The average Bonchev–Trinajstić information content (AvgIpc) is 3.20. The van der Waals surface area contributed by atoms with Gasteiger partial charge in [-0.2, -0.15) is 0 Å². The highest BCUT2D eigenvalue weighted by Gasteiger charge is 2.30. The van der Waals surface area contributed by atoms with Crippen LogP contribution in [0.25, 0.3) is 0 Å². The predicted molar refractivity (Wildman–Crippen MR) is 67.3 cm³/mol. The number of aliphatic hydroxyl groups excluding tert-OH is 1. The van der Waals surface area contributed by atoms with Gasteiger partial charge in [0.05, 0.1) is 16.6 Å². The van der Waals surface area contributed by atoms with Crippen LogP contribution in [0, 0.1) is 5.92 Å². The highest BCUT2D eigenvalue weighted by molar-refractivity contribution is 7.89. The van der Waals surface area contributed by atoms with Crippen molar-refractivity contribution in [3.05, 3.63) is 29.8 Å². The van der Waals surface area contributed by atoms with E-state index in [1.807, 2.05) is 0 Å². The second kappa shape index (κ2) is 5.28. The molecule has 2 rings (SSSR count). The quantitative estimate of drug-likeness (QED) is 0.703. The van der Waals surface area contributed by atoms with Crippen molar-refractivity contribution in [3.8, 4) is 0 Å². The van der Waals surface area contributed by atoms with Crippen molar-refractivity contribution >= 4 is 16.0 Å². The third-order valence-corrected chi connectivity index (χ3v) is 4.50. The normalized spacial score (nSPS) is 17.1. The molecule has 1 unspecified atom stereocenters. The number of carboxylic acids is 1. The number of nitrogens with one attached hydrogen (secondary N) is 1. The molecule has 1 saturated carbocycles. The SMILES string of the molecule is O=C(O)c1ccc(S(=O)(=O)NCC(O)C2CC2)cc1. The average molecular weight is 285 g/mol. The fourth-order valence-corrected chi connectivity index (χ4v) is 2.75. The summed E-state index contributed by atoms with van der Waals surface area (Å²) in [7, 11) is -3.71. The Hall–Kier alpha value is -1.44. The maximum absolute atomic E-state index is 11.9. The molecule has 1 aliphatic carbocycles. The highest BCUT2D eigenvalue weighted by Crippen LogP contribution is 2.32. The van der Waals surface area contributed by atoms with Gasteiger partial charge in [-0.05, 0) is 43.0 Å². The summed E-state index contributed by atoms with van der Waals surface area (Å²) in [4.78, 5) is 10.6. The van der Waals surface area contributed by atoms with Crippen molar-refractivity contribution in [2.24, 2.45) is 5.92 Å². The van der Waals surface area contributed by atoms with Gasteiger partial charge in [0.1, 0.15) is 0 Å². The molecule has 0 aliphatic heterocycles. The van der Waals surface area contributed by atoms with E-state index in [0.29, 0.717) is 0 Å². The zero-order valence-corrected chi connectivity index (χ0v) is 10.9. The van der Waals surface area contributed by atoms with Crippen LogP contribution in [0.15, 0.2) is 29.2 Å². The Morgan fingerprint density at radius 1 is 1.32 bits per heavy atom. The Labute approximate surface area is 111 Å². The van der Waals surface area contributed by atoms with Crippen LogP contribution in [0.5, 0.6) is 0 Å². The first-order chi connectivity index (χ1) is 8.90. The molecule has 0 aromatic heterocycles. The lowest BCUT2D eigenvalue weighted by molar-refractivity contribution is 0.0696. The van der Waals surface area contributed by atoms with Crippen LogP contribution in [0.3, 0.4) is 0 Å². The molecule has 1 aromatic carbocycles. The number of aromatic carboxylic acids is 1. The molecule has 1 aromatic rings. The van der Waals surface area contributed by atoms with E-state index >= 15 is 0 Å². The maximum Gasteiger partial charge on any atom is 0.335 e. The molecule has 0 saturated heterocycles. The third-order valence-electron chi connectivity index (χ3n) is 3.06. The number of carbonyl (C=O) groups is 1. The molecule has 3 N–H and O–H groups in total. The standard InChI is InChI=1S/C12H15NO5S/c14-11(8-1-2-8)7-13-19(17,18)10-5-3-9(4-6-10)12(15)16/h3-6,8,11,13-14H,1-2,7H2,(H,15,16). The lowest BCUT2D eigenvalue weighted by atomic mass is 10.2. The van der Waals surface area contributed by atoms with Crippen molar-refractivity contribution in [1.29, 1.82) is 0 Å². The molecular formula is C12H15NO5S. The van der Waals surface area contributed by atoms with E-state index in [4.69, 9.17) is 5.11 Å². The summed E-state index contributed by atoms with van der Waals surface area (Å²) in [6, 6.07) is 4.92. The number of rotatable bonds is 6. The number of hydrogen-bond donors (Lipinski definition) is 3. The number of aliphatic hydroxyl groups is 1. The van der Waals surface area contributed by atoms with Crippen LogP contribution >= 0.6 is 0 Å². The Morgan fingerprint density at radius 2 is 1.89 bits per heavy atom. The van der Waals surface area contributed by atoms with E-state index in [-0.39, 0.29) is 22.9 Å². The first-order valence-corrected chi connectivity index (χ1v) is 7.39. The summed E-state index contributed by atoms with van der Waals surface area (Å²) < 4.78 is 26.1. The fourth-order valence-electron chi connectivity index (χ4n) is 1.70. The Bertz CT molecular complexity index is 562. The highest BCUT2D eigenvalue weighted by atomic mass is 32.2. The van der Waals surface area contributed by atoms with E-state index in [1.165, 1.54) is 24.3 Å². The van der Waals surface area contributed by atoms with Gasteiger partial charge >= 0.3 is 5.97 Å². The molecule has 104 valence electrons. The molecule has 19 heavy (non-hydrogen) atoms. The summed E-state index contributed by atoms with van der Waals surface area (Å²) in [5, 5.41) is 18.3. The molecule has 0 amide bonds. The lowest BCUT2D eigenvalue weighted by Gasteiger charge is -2.11. The van der Waals surface area contributed by atoms with E-state index in [1.54, 1.807) is 0 Å². The van der Waals surface area contributed by atoms with E-state index in [0.717, 1.165) is 12.8 Å². The summed E-state index contributed by atoms with van der Waals surface area (Å²) in [5.74, 6) is -0.918. The van der Waals surface area contributed by atoms with Crippen LogP contribution in [0.1, 0.15) is 23.2 Å². The van der Waals surface area contributed by atoms with Crippen LogP contribution in [-0.4, -0.2) is 37.2 Å². The van der Waals surface area contributed by atoms with Gasteiger partial charge in [0.15, 0.2) is 0 Å². The van der Waals surface area contributed by atoms with Gasteiger partial charge in [-0.25, -0.2) is 17.9 Å². The minimum absolute atomic E-state index is 0.0134. The zero-order valence-electron chi connectivity index (χ0n) is 10.1. The van der Waals surface area contributed by atoms with Gasteiger partial charge in [0.2, 0.25) is 10.0 Å². The molecule has 0 radical (unpaired) electrons. The molecule has 0 spiro atoms. The van der Waals surface area contributed by atoms with Crippen LogP contribution in [0.2, 0.25) is 0 Å². The molecule has 7 heteroatoms. The van der Waals surface area contributed by atoms with Gasteiger partial charge in [-0.3, -0.25) is 0 Å². The molecule has 1 atom stereocenters. The molecule has 6 nitrogen and oxygen atoms in total. The van der Waals surface area contributed by atoms with E-state index in [2.05, 4.69) is 4.72 Å². The molecule has 0 heterocycles. The predicted octanol–water partition coefficient (Wildman–Crippen LogP) is 0.434. The minimum Gasteiger partial charge on any atom is -0.478 e. The fraction of sp³-hybridized carbons (Fsp3) is 0.417. The second-order valence-corrected chi connectivity index (χ2v) is 6.35. The topological polar surface area (TPSA) is 104 Å². The minimum atomic E-state index is -3.71. The van der Waals surface area contributed by atoms with Gasteiger partial charge in [-0.15, -0.1) is 0 Å². The van der Waals surface area contributed by atoms with Crippen molar-refractivity contribution in [1.82, 2.24) is 4.72 Å². The van der Waals surface area contributed by atoms with Gasteiger partial charge in [0, 0.05) is 6.54 Å². The zero-order chi connectivity index (χ0) is 14.0. The van der Waals surface area contributed by atoms with Crippen molar-refractivity contribution in [2.45, 2.75) is 23.8 Å². The van der Waals surface area contributed by atoms with Crippen LogP contribution < -0.4 is 4.72 Å². The molecule has 1 fully saturated rings. The van der Waals surface area contributed by atoms with Gasteiger partial charge in [0.25, 0.3) is 0 Å². The first kappa shape index (κ1) is 14.0. The summed E-state index contributed by atoms with van der Waals surface area (Å²) >= 11 is 0. The Balaban J connectivity index is 2.03. The van der Waals surface area contributed by atoms with E-state index in [9.17, 15) is 18.3 Å². The van der Waals surface area contributed by atoms with Gasteiger partial charge in [-0.1, -0.05) is 0 Å². The summed E-state index contributed by atoms with van der Waals surface area (Å²) in [6.07, 6.45) is 1.19. The number of hydrogen-bond acceptors (Lipinski definition) is 4. The second-order valence-electron chi connectivity index (χ2n) is 4.59. The Kier molecular flexibility index (Phi) is 3.88. The van der Waals surface area contributed by atoms with Gasteiger partial charge < -0.3 is 10.2 Å². The van der Waals surface area contributed by atoms with Crippen LogP contribution in [-0.2, 0) is 10.0 Å². The number of carboxylic acid groups (broad SMARTS) is 1. The molecular weight excluding hydrogens is 270 g/mol. The smallest absolute Gasteiger partial charge is 0.335 e. The monoisotopic (exact) mass is 285 g/mol. The summed E-state index contributed by atoms with van der Waals surface area (Å²) in [5.41, 5.74) is 0.0250. The first-order valence-electron chi connectivity index (χ1n) is 5.91.